The molecule has 0 bridgehead atoms. The molecule has 10 heteroatoms. The number of carbonyl (C=O) groups is 3. The largest absolute Gasteiger partial charge is 0.509 e. The molecule has 2 aromatic carbocycles. The van der Waals surface area contributed by atoms with E-state index in [2.05, 4.69) is 0 Å². The standard InChI is InChI=1S/C34H36O10/c1-17(2)8-9-22-14-21(10-13-27(22)39-20(5)35)25(36)16-24-15-23-11-12-26(18(3)28(23)41-31(24)37)40-32-30-29(42-33(38)43-30)19(4)34(6,7)44-32/h8,10-15,19,29-30,32H,9,16H2,1-7H3/t19-,29-,30?,32-/m1/s1. The molecule has 1 unspecified atom stereocenters. The summed E-state index contributed by atoms with van der Waals surface area (Å²) in [5, 5.41) is 0.610. The topological polar surface area (TPSA) is 128 Å². The highest BCUT2D eigenvalue weighted by molar-refractivity contribution is 5.98. The third-order valence-corrected chi connectivity index (χ3v) is 8.20. The number of fused-ring (bicyclic) bond motifs is 2. The van der Waals surface area contributed by atoms with E-state index in [-0.39, 0.29) is 23.7 Å². The van der Waals surface area contributed by atoms with Crippen LogP contribution in [0, 0.1) is 12.8 Å². The molecule has 5 rings (SSSR count). The van der Waals surface area contributed by atoms with Crippen LogP contribution >= 0.6 is 0 Å². The quantitative estimate of drug-likeness (QED) is 0.0991. The van der Waals surface area contributed by atoms with E-state index in [1.165, 1.54) is 6.92 Å². The van der Waals surface area contributed by atoms with Crippen LogP contribution < -0.4 is 15.1 Å². The Morgan fingerprint density at radius 2 is 1.66 bits per heavy atom. The highest BCUT2D eigenvalue weighted by Crippen LogP contribution is 2.41. The number of hydrogen-bond acceptors (Lipinski definition) is 10. The van der Waals surface area contributed by atoms with Gasteiger partial charge in [-0.2, -0.15) is 0 Å². The summed E-state index contributed by atoms with van der Waals surface area (Å²) in [6.07, 6.45) is -0.720. The average Bonchev–Trinajstić information content (AvgIpc) is 3.34. The molecule has 3 heterocycles. The Bertz CT molecular complexity index is 1730. The van der Waals surface area contributed by atoms with Crippen molar-refractivity contribution in [3.8, 4) is 11.5 Å². The molecule has 2 aliphatic rings. The Labute approximate surface area is 254 Å². The minimum absolute atomic E-state index is 0.133. The van der Waals surface area contributed by atoms with Gasteiger partial charge in [0.25, 0.3) is 0 Å². The van der Waals surface area contributed by atoms with Gasteiger partial charge in [0, 0.05) is 41.3 Å². The van der Waals surface area contributed by atoms with Crippen LogP contribution in [0.15, 0.2) is 57.3 Å². The Kier molecular flexibility index (Phi) is 8.40. The maximum Gasteiger partial charge on any atom is 0.509 e. The molecule has 2 aliphatic heterocycles. The second-order valence-electron chi connectivity index (χ2n) is 12.1. The van der Waals surface area contributed by atoms with E-state index in [0.29, 0.717) is 45.6 Å². The van der Waals surface area contributed by atoms with E-state index in [4.69, 9.17) is 28.1 Å². The molecule has 0 aliphatic carbocycles. The van der Waals surface area contributed by atoms with Crippen molar-refractivity contribution in [2.45, 2.75) is 85.4 Å². The van der Waals surface area contributed by atoms with Crippen molar-refractivity contribution in [2.75, 3.05) is 0 Å². The second-order valence-corrected chi connectivity index (χ2v) is 12.1. The summed E-state index contributed by atoms with van der Waals surface area (Å²) in [7, 11) is 0. The second kappa shape index (κ2) is 11.9. The Morgan fingerprint density at radius 1 is 0.955 bits per heavy atom. The first-order valence-electron chi connectivity index (χ1n) is 14.5. The lowest BCUT2D eigenvalue weighted by Crippen LogP contribution is -2.58. The van der Waals surface area contributed by atoms with Gasteiger partial charge in [0.05, 0.1) is 5.60 Å². The van der Waals surface area contributed by atoms with Crippen LogP contribution in [0.3, 0.4) is 0 Å². The zero-order chi connectivity index (χ0) is 31.9. The predicted octanol–water partition coefficient (Wildman–Crippen LogP) is 6.01. The maximum atomic E-state index is 13.3. The minimum atomic E-state index is -0.939. The fourth-order valence-electron chi connectivity index (χ4n) is 5.42. The molecule has 1 aromatic heterocycles. The van der Waals surface area contributed by atoms with Gasteiger partial charge in [0.2, 0.25) is 12.4 Å². The third kappa shape index (κ3) is 6.26. The molecule has 232 valence electrons. The zero-order valence-electron chi connectivity index (χ0n) is 25.8. The molecule has 2 fully saturated rings. The molecule has 0 N–H and O–H groups in total. The lowest BCUT2D eigenvalue weighted by atomic mass is 9.82. The van der Waals surface area contributed by atoms with Crippen molar-refractivity contribution >= 4 is 28.9 Å². The molecule has 4 atom stereocenters. The molecule has 0 radical (unpaired) electrons. The summed E-state index contributed by atoms with van der Waals surface area (Å²) < 4.78 is 34.1. The normalized spacial score (nSPS) is 22.0. The minimum Gasteiger partial charge on any atom is -0.460 e. The van der Waals surface area contributed by atoms with Gasteiger partial charge in [-0.05, 0) is 83.0 Å². The first-order chi connectivity index (χ1) is 20.7. The van der Waals surface area contributed by atoms with Gasteiger partial charge in [-0.25, -0.2) is 9.59 Å². The van der Waals surface area contributed by atoms with E-state index in [9.17, 15) is 19.2 Å². The van der Waals surface area contributed by atoms with Crippen molar-refractivity contribution in [3.63, 3.8) is 0 Å². The van der Waals surface area contributed by atoms with E-state index in [1.54, 1.807) is 43.3 Å². The van der Waals surface area contributed by atoms with Gasteiger partial charge in [0.15, 0.2) is 11.9 Å². The SMILES string of the molecule is CC(=O)Oc1ccc(C(=O)Cc2cc3ccc(O[C@@H]4OC(C)(C)[C@H](C)[C@H]5OC(=O)OC45)c(C)c3oc2=O)cc1CC=C(C)C. The Balaban J connectivity index is 1.39. The molecule has 2 saturated heterocycles. The summed E-state index contributed by atoms with van der Waals surface area (Å²) in [5.41, 5.74) is 1.90. The van der Waals surface area contributed by atoms with Crippen LogP contribution in [0.4, 0.5) is 4.79 Å². The maximum absolute atomic E-state index is 13.3. The van der Waals surface area contributed by atoms with E-state index in [0.717, 1.165) is 5.57 Å². The van der Waals surface area contributed by atoms with E-state index in [1.807, 2.05) is 40.7 Å². The molecule has 0 spiro atoms. The zero-order valence-corrected chi connectivity index (χ0v) is 25.8. The highest BCUT2D eigenvalue weighted by Gasteiger charge is 2.56. The number of esters is 1. The smallest absolute Gasteiger partial charge is 0.460 e. The molecule has 3 aromatic rings. The highest BCUT2D eigenvalue weighted by atomic mass is 16.8. The Morgan fingerprint density at radius 3 is 2.36 bits per heavy atom. The number of ketones is 1. The first-order valence-corrected chi connectivity index (χ1v) is 14.5. The number of hydrogen-bond donors (Lipinski definition) is 0. The van der Waals surface area contributed by atoms with Gasteiger partial charge in [-0.1, -0.05) is 18.6 Å². The van der Waals surface area contributed by atoms with Gasteiger partial charge in [-0.3, -0.25) is 9.59 Å². The summed E-state index contributed by atoms with van der Waals surface area (Å²) in [6.45, 7) is 12.7. The van der Waals surface area contributed by atoms with Crippen LogP contribution in [0.25, 0.3) is 11.0 Å². The predicted molar refractivity (Wildman–Crippen MR) is 160 cm³/mol. The number of carbonyl (C=O) groups excluding carboxylic acids is 3. The third-order valence-electron chi connectivity index (χ3n) is 8.20. The van der Waals surface area contributed by atoms with Crippen molar-refractivity contribution < 1.29 is 42.5 Å². The number of allylic oxidation sites excluding steroid dienone is 2. The van der Waals surface area contributed by atoms with Crippen LogP contribution in [-0.4, -0.2) is 42.0 Å². The van der Waals surface area contributed by atoms with Gasteiger partial charge in [-0.15, -0.1) is 0 Å². The van der Waals surface area contributed by atoms with Crippen LogP contribution in [0.1, 0.15) is 68.6 Å². The van der Waals surface area contributed by atoms with Crippen LogP contribution in [0.2, 0.25) is 0 Å². The summed E-state index contributed by atoms with van der Waals surface area (Å²) in [5.74, 6) is -0.0961. The lowest BCUT2D eigenvalue weighted by molar-refractivity contribution is -0.260. The lowest BCUT2D eigenvalue weighted by Gasteiger charge is -2.44. The monoisotopic (exact) mass is 604 g/mol. The number of aryl methyl sites for hydroxylation is 1. The fraction of sp³-hybridized carbons (Fsp3) is 0.412. The van der Waals surface area contributed by atoms with E-state index < -0.39 is 41.8 Å². The average molecular weight is 605 g/mol. The van der Waals surface area contributed by atoms with E-state index >= 15 is 0 Å². The first kappa shape index (κ1) is 31.0. The van der Waals surface area contributed by atoms with Crippen molar-refractivity contribution in [1.29, 1.82) is 0 Å². The summed E-state index contributed by atoms with van der Waals surface area (Å²) in [6, 6.07) is 9.93. The molecular formula is C34H36O10. The van der Waals surface area contributed by atoms with Crippen LogP contribution in [-0.2, 0) is 31.8 Å². The molecule has 0 saturated carbocycles. The number of rotatable bonds is 8. The molecule has 0 amide bonds. The molecule has 44 heavy (non-hydrogen) atoms. The van der Waals surface area contributed by atoms with Gasteiger partial charge in [0.1, 0.15) is 17.1 Å². The van der Waals surface area contributed by atoms with Gasteiger partial charge >= 0.3 is 17.8 Å². The molecular weight excluding hydrogens is 568 g/mol. The summed E-state index contributed by atoms with van der Waals surface area (Å²) in [4.78, 5) is 49.8. The van der Waals surface area contributed by atoms with Gasteiger partial charge < -0.3 is 28.1 Å². The number of benzene rings is 2. The molecule has 10 nitrogen and oxygen atoms in total. The summed E-state index contributed by atoms with van der Waals surface area (Å²) >= 11 is 0. The van der Waals surface area contributed by atoms with Crippen molar-refractivity contribution in [1.82, 2.24) is 0 Å². The van der Waals surface area contributed by atoms with Crippen molar-refractivity contribution in [3.05, 3.63) is 80.7 Å². The Hall–Kier alpha value is -4.44. The number of ether oxygens (including phenoxy) is 5. The fourth-order valence-corrected chi connectivity index (χ4v) is 5.42. The number of Topliss-reactive ketones (excluding diaryl/α,β-unsaturated/α-hetero) is 1. The van der Waals surface area contributed by atoms with Crippen molar-refractivity contribution in [2.24, 2.45) is 5.92 Å². The van der Waals surface area contributed by atoms with Crippen LogP contribution in [0.5, 0.6) is 11.5 Å².